The molecule has 0 radical (unpaired) electrons. The van der Waals surface area contributed by atoms with Crippen LogP contribution in [0.2, 0.25) is 0 Å². The van der Waals surface area contributed by atoms with E-state index < -0.39 is 12.1 Å². The molecule has 2 unspecified atom stereocenters. The van der Waals surface area contributed by atoms with Crippen LogP contribution in [-0.4, -0.2) is 47.4 Å². The number of hydrogen-bond acceptors (Lipinski definition) is 5. The third kappa shape index (κ3) is 50.0. The topological polar surface area (TPSA) is 95.9 Å². The summed E-state index contributed by atoms with van der Waals surface area (Å²) in [5.41, 5.74) is 0. The fourth-order valence-electron chi connectivity index (χ4n) is 9.11. The van der Waals surface area contributed by atoms with Crippen molar-refractivity contribution in [3.05, 3.63) is 12.2 Å². The molecule has 0 rings (SSSR count). The van der Waals surface area contributed by atoms with Crippen molar-refractivity contribution in [1.29, 1.82) is 0 Å². The predicted molar refractivity (Wildman–Crippen MR) is 278 cm³/mol. The highest BCUT2D eigenvalue weighted by Crippen LogP contribution is 2.17. The van der Waals surface area contributed by atoms with Crippen molar-refractivity contribution < 1.29 is 24.5 Å². The van der Waals surface area contributed by atoms with Crippen LogP contribution in [0.25, 0.3) is 0 Å². The summed E-state index contributed by atoms with van der Waals surface area (Å²) in [4.78, 5) is 24.4. The van der Waals surface area contributed by atoms with Gasteiger partial charge in [0.2, 0.25) is 5.91 Å². The fourth-order valence-corrected chi connectivity index (χ4v) is 9.11. The van der Waals surface area contributed by atoms with Crippen molar-refractivity contribution in [2.75, 3.05) is 13.2 Å². The molecule has 0 fully saturated rings. The first-order valence-electron chi connectivity index (χ1n) is 29.0. The summed E-state index contributed by atoms with van der Waals surface area (Å²) in [5.74, 6) is -0.0551. The summed E-state index contributed by atoms with van der Waals surface area (Å²) < 4.78 is 5.47. The Morgan fingerprint density at radius 2 is 0.719 bits per heavy atom. The van der Waals surface area contributed by atoms with Crippen molar-refractivity contribution in [3.8, 4) is 0 Å². The molecule has 0 aliphatic heterocycles. The van der Waals surface area contributed by atoms with Crippen LogP contribution < -0.4 is 5.32 Å². The maximum absolute atomic E-state index is 12.4. The lowest BCUT2D eigenvalue weighted by atomic mass is 10.0. The zero-order chi connectivity index (χ0) is 46.5. The maximum atomic E-state index is 12.4. The van der Waals surface area contributed by atoms with Crippen LogP contribution in [0.5, 0.6) is 0 Å². The Labute approximate surface area is 399 Å². The lowest BCUT2D eigenvalue weighted by molar-refractivity contribution is -0.143. The monoisotopic (exact) mass is 904 g/mol. The fraction of sp³-hybridized carbons (Fsp3) is 0.931. The number of ether oxygens (including phenoxy) is 1. The lowest BCUT2D eigenvalue weighted by Gasteiger charge is -2.20. The third-order valence-corrected chi connectivity index (χ3v) is 13.6. The normalized spacial score (nSPS) is 12.6. The molecule has 6 heteroatoms. The van der Waals surface area contributed by atoms with E-state index in [0.29, 0.717) is 19.4 Å². The van der Waals surface area contributed by atoms with E-state index >= 15 is 0 Å². The average Bonchev–Trinajstić information content (AvgIpc) is 3.29. The Bertz CT molecular complexity index is 955. The van der Waals surface area contributed by atoms with Gasteiger partial charge in [-0.05, 0) is 32.1 Å². The summed E-state index contributed by atoms with van der Waals surface area (Å²) in [6.45, 7) is 4.91. The van der Waals surface area contributed by atoms with Crippen molar-refractivity contribution in [1.82, 2.24) is 5.32 Å². The van der Waals surface area contributed by atoms with Crippen LogP contribution in [0.1, 0.15) is 322 Å². The molecule has 0 aliphatic carbocycles. The number of aliphatic hydroxyl groups excluding tert-OH is 2. The number of carbonyl (C=O) groups excluding carboxylic acids is 2. The van der Waals surface area contributed by atoms with E-state index in [1.54, 1.807) is 6.08 Å². The highest BCUT2D eigenvalue weighted by Gasteiger charge is 2.18. The van der Waals surface area contributed by atoms with Crippen LogP contribution >= 0.6 is 0 Å². The molecule has 1 amide bonds. The number of carbonyl (C=O) groups is 2. The van der Waals surface area contributed by atoms with E-state index in [2.05, 4.69) is 19.2 Å². The first-order valence-corrected chi connectivity index (χ1v) is 29.0. The number of rotatable bonds is 54. The van der Waals surface area contributed by atoms with Gasteiger partial charge < -0.3 is 20.3 Å². The van der Waals surface area contributed by atoms with Gasteiger partial charge in [-0.15, -0.1) is 0 Å². The zero-order valence-corrected chi connectivity index (χ0v) is 43.3. The van der Waals surface area contributed by atoms with Crippen molar-refractivity contribution in [2.45, 2.75) is 334 Å². The predicted octanol–water partition coefficient (Wildman–Crippen LogP) is 17.7. The molecule has 64 heavy (non-hydrogen) atoms. The zero-order valence-electron chi connectivity index (χ0n) is 43.3. The van der Waals surface area contributed by atoms with Gasteiger partial charge in [-0.25, -0.2) is 0 Å². The van der Waals surface area contributed by atoms with Crippen LogP contribution in [-0.2, 0) is 14.3 Å². The number of amides is 1. The minimum atomic E-state index is -0.843. The van der Waals surface area contributed by atoms with Gasteiger partial charge in [-0.2, -0.15) is 0 Å². The molecular weight excluding hydrogens is 791 g/mol. The quantitative estimate of drug-likeness (QED) is 0.0321. The van der Waals surface area contributed by atoms with Gasteiger partial charge in [0.15, 0.2) is 0 Å². The number of aliphatic hydroxyl groups is 2. The molecule has 0 bridgehead atoms. The Kier molecular flexibility index (Phi) is 53.0. The standard InChI is InChI=1S/C58H113NO5/c1-3-5-7-9-11-13-15-17-27-30-34-38-42-46-50-56(61)55(54-60)59-57(62)51-47-43-39-35-31-28-25-23-21-19-18-20-22-24-26-29-33-37-41-45-49-53-64-58(63)52-48-44-40-36-32-16-14-12-10-8-6-4-2/h46,50,55-56,60-61H,3-45,47-49,51-54H2,1-2H3,(H,59,62)/b50-46+. The molecule has 0 saturated heterocycles. The van der Waals surface area contributed by atoms with Gasteiger partial charge in [0.05, 0.1) is 25.4 Å². The van der Waals surface area contributed by atoms with E-state index in [-0.39, 0.29) is 18.5 Å². The first-order chi connectivity index (χ1) is 31.5. The summed E-state index contributed by atoms with van der Waals surface area (Å²) >= 11 is 0. The third-order valence-electron chi connectivity index (χ3n) is 13.6. The summed E-state index contributed by atoms with van der Waals surface area (Å²) in [5, 5.41) is 23.1. The van der Waals surface area contributed by atoms with Gasteiger partial charge in [-0.3, -0.25) is 9.59 Å². The molecule has 0 aliphatic rings. The number of hydrogen-bond donors (Lipinski definition) is 3. The van der Waals surface area contributed by atoms with Crippen LogP contribution in [0.4, 0.5) is 0 Å². The minimum absolute atomic E-state index is 0.0124. The van der Waals surface area contributed by atoms with Gasteiger partial charge >= 0.3 is 5.97 Å². The molecule has 0 aromatic heterocycles. The van der Waals surface area contributed by atoms with E-state index in [1.807, 2.05) is 6.08 Å². The van der Waals surface area contributed by atoms with Crippen LogP contribution in [0.15, 0.2) is 12.2 Å². The molecule has 2 atom stereocenters. The molecule has 6 nitrogen and oxygen atoms in total. The molecule has 0 heterocycles. The number of unbranched alkanes of at least 4 members (excludes halogenated alkanes) is 43. The second kappa shape index (κ2) is 54.2. The summed E-state index contributed by atoms with van der Waals surface area (Å²) in [6, 6.07) is -0.627. The number of nitrogens with one attached hydrogen (secondary N) is 1. The van der Waals surface area contributed by atoms with Crippen molar-refractivity contribution in [2.24, 2.45) is 0 Å². The van der Waals surface area contributed by atoms with E-state index in [1.165, 1.54) is 257 Å². The highest BCUT2D eigenvalue weighted by atomic mass is 16.5. The molecular formula is C58H113NO5. The van der Waals surface area contributed by atoms with E-state index in [0.717, 1.165) is 38.5 Å². The van der Waals surface area contributed by atoms with Gasteiger partial charge in [0.25, 0.3) is 0 Å². The van der Waals surface area contributed by atoms with E-state index in [9.17, 15) is 19.8 Å². The smallest absolute Gasteiger partial charge is 0.305 e. The second-order valence-electron chi connectivity index (χ2n) is 20.0. The summed E-state index contributed by atoms with van der Waals surface area (Å²) in [7, 11) is 0. The molecule has 0 spiro atoms. The van der Waals surface area contributed by atoms with E-state index in [4.69, 9.17) is 4.74 Å². The molecule has 380 valence electrons. The average molecular weight is 905 g/mol. The van der Waals surface area contributed by atoms with Crippen molar-refractivity contribution in [3.63, 3.8) is 0 Å². The first kappa shape index (κ1) is 62.6. The van der Waals surface area contributed by atoms with Crippen molar-refractivity contribution >= 4 is 11.9 Å². The number of esters is 1. The SMILES string of the molecule is CCCCCCCCCCCCCC/C=C/C(O)C(CO)NC(=O)CCCCCCCCCCCCCCCCCCCCCCCOC(=O)CCCCCCCCCCCCCC. The lowest BCUT2D eigenvalue weighted by Crippen LogP contribution is -2.45. The Morgan fingerprint density at radius 1 is 0.422 bits per heavy atom. The molecule has 0 saturated carbocycles. The van der Waals surface area contributed by atoms with Crippen LogP contribution in [0, 0.1) is 0 Å². The molecule has 0 aromatic rings. The summed E-state index contributed by atoms with van der Waals surface area (Å²) in [6.07, 6.45) is 63.8. The Hall–Kier alpha value is -1.40. The van der Waals surface area contributed by atoms with Crippen LogP contribution in [0.3, 0.4) is 0 Å². The maximum Gasteiger partial charge on any atom is 0.305 e. The van der Waals surface area contributed by atoms with Gasteiger partial charge in [0, 0.05) is 12.8 Å². The second-order valence-corrected chi connectivity index (χ2v) is 20.0. The van der Waals surface area contributed by atoms with Gasteiger partial charge in [-0.1, -0.05) is 289 Å². The minimum Gasteiger partial charge on any atom is -0.466 e. The Balaban J connectivity index is 3.40. The molecule has 0 aromatic carbocycles. The van der Waals surface area contributed by atoms with Gasteiger partial charge in [0.1, 0.15) is 0 Å². The Morgan fingerprint density at radius 3 is 1.06 bits per heavy atom. The largest absolute Gasteiger partial charge is 0.466 e. The molecule has 3 N–H and O–H groups in total. The number of allylic oxidation sites excluding steroid dienone is 1. The highest BCUT2D eigenvalue weighted by molar-refractivity contribution is 5.76.